The molecule has 5 aromatic carbocycles. The van der Waals surface area contributed by atoms with E-state index in [1.54, 1.807) is 33.4 Å². The van der Waals surface area contributed by atoms with E-state index in [-0.39, 0.29) is 0 Å². The predicted molar refractivity (Wildman–Crippen MR) is 316 cm³/mol. The lowest BCUT2D eigenvalue weighted by atomic mass is 9.87. The molecule has 0 radical (unpaired) electrons. The number of hydrogen-bond donors (Lipinski definition) is 0. The van der Waals surface area contributed by atoms with Crippen LogP contribution in [0, 0.1) is 83.1 Å². The van der Waals surface area contributed by atoms with Crippen molar-refractivity contribution in [3.8, 4) is 0 Å². The van der Waals surface area contributed by atoms with Crippen molar-refractivity contribution in [2.45, 2.75) is 197 Å². The van der Waals surface area contributed by atoms with Crippen molar-refractivity contribution in [3.63, 3.8) is 0 Å². The molecular weight excluding hydrogens is 895 g/mol. The van der Waals surface area contributed by atoms with E-state index in [1.165, 1.54) is 179 Å². The van der Waals surface area contributed by atoms with Gasteiger partial charge in [-0.3, -0.25) is 15.0 Å². The molecule has 14 rings (SSSR count). The summed E-state index contributed by atoms with van der Waals surface area (Å²) in [6, 6.07) is 37.2. The van der Waals surface area contributed by atoms with Gasteiger partial charge in [0, 0.05) is 39.8 Å². The molecule has 0 saturated heterocycles. The fourth-order valence-electron chi connectivity index (χ4n) is 13.0. The van der Waals surface area contributed by atoms with Crippen molar-refractivity contribution >= 4 is 21.7 Å². The van der Waals surface area contributed by atoms with Crippen molar-refractivity contribution < 1.29 is 0 Å². The van der Waals surface area contributed by atoms with Gasteiger partial charge in [0.25, 0.3) is 0 Å². The van der Waals surface area contributed by atoms with Gasteiger partial charge in [-0.05, 0) is 297 Å². The Bertz CT molecular complexity index is 3180. The molecule has 384 valence electrons. The molecule has 8 aromatic rings. The van der Waals surface area contributed by atoms with Crippen LogP contribution < -0.4 is 0 Å². The Labute approximate surface area is 446 Å². The highest BCUT2D eigenvalue weighted by molar-refractivity contribution is 5.86. The minimum absolute atomic E-state index is 0.805. The second-order valence-electron chi connectivity index (χ2n) is 23.2. The number of pyridine rings is 3. The number of fused-ring (bicyclic) bond motifs is 14. The third-order valence-electron chi connectivity index (χ3n) is 18.4. The molecule has 0 aliphatic heterocycles. The molecule has 0 amide bonds. The van der Waals surface area contributed by atoms with Gasteiger partial charge in [0.05, 0.1) is 5.52 Å². The van der Waals surface area contributed by atoms with Gasteiger partial charge in [0.1, 0.15) is 0 Å². The minimum Gasteiger partial charge on any atom is -0.258 e. The van der Waals surface area contributed by atoms with E-state index >= 15 is 0 Å². The van der Waals surface area contributed by atoms with E-state index in [0.29, 0.717) is 0 Å². The number of rotatable bonds is 0. The largest absolute Gasteiger partial charge is 0.258 e. The molecule has 6 aliphatic carbocycles. The molecule has 4 bridgehead atoms. The smallest absolute Gasteiger partial charge is 0.0705 e. The fraction of sp³-hybridized carbons (Fsp3) is 0.423. The summed E-state index contributed by atoms with van der Waals surface area (Å²) in [6.45, 7) is 26.0. The lowest BCUT2D eigenvalue weighted by Crippen LogP contribution is -2.07. The fourth-order valence-corrected chi connectivity index (χ4v) is 13.0. The summed E-state index contributed by atoms with van der Waals surface area (Å²) in [7, 11) is 0. The average Bonchev–Trinajstić information content (AvgIpc) is 4.24. The van der Waals surface area contributed by atoms with Gasteiger partial charge >= 0.3 is 0 Å². The highest BCUT2D eigenvalue weighted by Gasteiger charge is 2.39. The summed E-state index contributed by atoms with van der Waals surface area (Å²) in [6.07, 6.45) is 19.0. The standard InChI is InChI=1S/C13H16.C12H15N.C12H16.C12H12.C11H15N.C11H11N/c1-8-3-6-12-10-4-5-11(7-10)13(12)9(8)2;1-7-5-11-9-3-4-10(6-9)12(11)13-8(7)2;2*1-9-7-8-11-5-3-4-6-12(11)10(9)2;2*1-8-7-10-5-3-4-6-11(10)12-9(8)2/h3,6,10-11H,4-5,7H2,1-2H3;5,9-10H,3-4,6H2,1-2H3;7-8H,3-6H2,1-2H3;3-8H,1-2H3;7H,3-6H2,1-2H3;3-7H,1-2H3. The van der Waals surface area contributed by atoms with E-state index < -0.39 is 0 Å². The van der Waals surface area contributed by atoms with E-state index in [0.717, 1.165) is 34.9 Å². The van der Waals surface area contributed by atoms with Crippen LogP contribution in [-0.2, 0) is 25.7 Å². The molecular formula is C71H85N3. The summed E-state index contributed by atoms with van der Waals surface area (Å²) < 4.78 is 0. The summed E-state index contributed by atoms with van der Waals surface area (Å²) in [5.41, 5.74) is 29.9. The second-order valence-corrected chi connectivity index (χ2v) is 23.2. The number of benzene rings is 5. The van der Waals surface area contributed by atoms with Crippen LogP contribution >= 0.6 is 0 Å². The summed E-state index contributed by atoms with van der Waals surface area (Å²) in [4.78, 5) is 13.8. The molecule has 3 heteroatoms. The van der Waals surface area contributed by atoms with E-state index in [9.17, 15) is 0 Å². The van der Waals surface area contributed by atoms with E-state index in [2.05, 4.69) is 171 Å². The zero-order valence-electron chi connectivity index (χ0n) is 47.4. The number of hydrogen-bond acceptors (Lipinski definition) is 3. The van der Waals surface area contributed by atoms with Gasteiger partial charge in [-0.1, -0.05) is 91.0 Å². The molecule has 3 heterocycles. The van der Waals surface area contributed by atoms with Gasteiger partial charge in [-0.15, -0.1) is 0 Å². The summed E-state index contributed by atoms with van der Waals surface area (Å²) >= 11 is 0. The molecule has 2 saturated carbocycles. The Morgan fingerprint density at radius 1 is 0.378 bits per heavy atom. The van der Waals surface area contributed by atoms with Crippen molar-refractivity contribution in [3.05, 3.63) is 215 Å². The SMILES string of the molecule is Cc1cc2c(nc1C)C1CCC2C1.Cc1cc2c(nc1C)CCCC2.Cc1cc2ccccc2nc1C.Cc1ccc2c(c1C)C1CCC2C1.Cc1ccc2c(c1C)CCCC2.Cc1ccc2ccccc2c1C. The third kappa shape index (κ3) is 11.6. The van der Waals surface area contributed by atoms with Crippen LogP contribution in [0.3, 0.4) is 0 Å². The van der Waals surface area contributed by atoms with Crippen molar-refractivity contribution in [2.24, 2.45) is 0 Å². The zero-order valence-corrected chi connectivity index (χ0v) is 47.4. The van der Waals surface area contributed by atoms with Crippen molar-refractivity contribution in [2.75, 3.05) is 0 Å². The third-order valence-corrected chi connectivity index (χ3v) is 18.4. The van der Waals surface area contributed by atoms with Crippen LogP contribution in [0.1, 0.15) is 200 Å². The first-order valence-electron chi connectivity index (χ1n) is 28.5. The number of aryl methyl sites for hydroxylation is 13. The highest BCUT2D eigenvalue weighted by atomic mass is 14.8. The first kappa shape index (κ1) is 52.9. The first-order chi connectivity index (χ1) is 35.6. The van der Waals surface area contributed by atoms with Gasteiger partial charge < -0.3 is 0 Å². The predicted octanol–water partition coefficient (Wildman–Crippen LogP) is 18.8. The number of aromatic nitrogens is 3. The van der Waals surface area contributed by atoms with Crippen LogP contribution in [-0.4, -0.2) is 15.0 Å². The van der Waals surface area contributed by atoms with Crippen LogP contribution in [0.25, 0.3) is 21.7 Å². The maximum Gasteiger partial charge on any atom is 0.0705 e. The Balaban J connectivity index is 0.000000109. The number of nitrogens with zero attached hydrogens (tertiary/aromatic N) is 3. The van der Waals surface area contributed by atoms with Crippen molar-refractivity contribution in [1.29, 1.82) is 0 Å². The van der Waals surface area contributed by atoms with Crippen molar-refractivity contribution in [1.82, 2.24) is 15.0 Å². The van der Waals surface area contributed by atoms with E-state index in [4.69, 9.17) is 4.98 Å². The molecule has 74 heavy (non-hydrogen) atoms. The quantitative estimate of drug-likeness (QED) is 0.152. The Morgan fingerprint density at radius 3 is 1.73 bits per heavy atom. The van der Waals surface area contributed by atoms with Gasteiger partial charge in [0.2, 0.25) is 0 Å². The molecule has 4 atom stereocenters. The summed E-state index contributed by atoms with van der Waals surface area (Å²) in [5.74, 6) is 3.49. The molecule has 4 unspecified atom stereocenters. The maximum atomic E-state index is 4.74. The highest BCUT2D eigenvalue weighted by Crippen LogP contribution is 2.54. The average molecular weight is 980 g/mol. The monoisotopic (exact) mass is 980 g/mol. The minimum atomic E-state index is 0.805. The van der Waals surface area contributed by atoms with Crippen LogP contribution in [0.4, 0.5) is 0 Å². The van der Waals surface area contributed by atoms with Crippen LogP contribution in [0.2, 0.25) is 0 Å². The van der Waals surface area contributed by atoms with E-state index in [1.807, 2.05) is 25.1 Å². The first-order valence-corrected chi connectivity index (χ1v) is 28.5. The topological polar surface area (TPSA) is 38.7 Å². The molecule has 6 aliphatic rings. The Kier molecular flexibility index (Phi) is 16.7. The normalized spacial score (nSPS) is 18.9. The second kappa shape index (κ2) is 23.3. The molecule has 3 aromatic heterocycles. The lowest BCUT2D eigenvalue weighted by molar-refractivity contribution is 0.664. The molecule has 2 fully saturated rings. The Morgan fingerprint density at radius 2 is 0.932 bits per heavy atom. The number of para-hydroxylation sites is 1. The lowest BCUT2D eigenvalue weighted by Gasteiger charge is -2.19. The van der Waals surface area contributed by atoms with Gasteiger partial charge in [0.15, 0.2) is 0 Å². The van der Waals surface area contributed by atoms with Gasteiger partial charge in [-0.25, -0.2) is 0 Å². The van der Waals surface area contributed by atoms with Crippen LogP contribution in [0.15, 0.2) is 103 Å². The zero-order chi connectivity index (χ0) is 52.2. The van der Waals surface area contributed by atoms with Crippen LogP contribution in [0.5, 0.6) is 0 Å². The summed E-state index contributed by atoms with van der Waals surface area (Å²) in [5, 5.41) is 3.93. The molecule has 3 nitrogen and oxygen atoms in total. The Hall–Kier alpha value is -5.93. The molecule has 0 N–H and O–H groups in total. The maximum absolute atomic E-state index is 4.74. The molecule has 0 spiro atoms. The van der Waals surface area contributed by atoms with Gasteiger partial charge in [-0.2, -0.15) is 0 Å².